The summed E-state index contributed by atoms with van der Waals surface area (Å²) < 4.78 is 21.7. The highest BCUT2D eigenvalue weighted by Crippen LogP contribution is 2.34. The standard InChI is InChI=1S/C23H27NO6/c1-4-27-23(26)16-5-8-18(9-6-16)30-14-21(25)24-22(15(2)3)17-7-10-19-20(13-17)29-12-11-28-19/h5-10,13,15,22H,4,11-12,14H2,1-3H3,(H,24,25). The van der Waals surface area contributed by atoms with Crippen molar-refractivity contribution in [3.8, 4) is 17.2 Å². The average Bonchev–Trinajstić information content (AvgIpc) is 2.76. The van der Waals surface area contributed by atoms with Gasteiger partial charge in [0.15, 0.2) is 18.1 Å². The van der Waals surface area contributed by atoms with Crippen molar-refractivity contribution in [3.05, 3.63) is 53.6 Å². The highest BCUT2D eigenvalue weighted by molar-refractivity contribution is 5.89. The van der Waals surface area contributed by atoms with Gasteiger partial charge in [-0.2, -0.15) is 0 Å². The molecule has 0 saturated heterocycles. The molecule has 3 rings (SSSR count). The van der Waals surface area contributed by atoms with Gasteiger partial charge in [-0.1, -0.05) is 19.9 Å². The Balaban J connectivity index is 1.59. The number of carbonyl (C=O) groups is 2. The fourth-order valence-electron chi connectivity index (χ4n) is 3.15. The molecule has 30 heavy (non-hydrogen) atoms. The third-order valence-corrected chi connectivity index (χ3v) is 4.64. The van der Waals surface area contributed by atoms with E-state index >= 15 is 0 Å². The normalized spacial score (nSPS) is 13.5. The van der Waals surface area contributed by atoms with Crippen molar-refractivity contribution >= 4 is 11.9 Å². The highest BCUT2D eigenvalue weighted by Gasteiger charge is 2.21. The summed E-state index contributed by atoms with van der Waals surface area (Å²) in [5.74, 6) is 1.45. The molecule has 0 fully saturated rings. The Morgan fingerprint density at radius 3 is 2.40 bits per heavy atom. The zero-order valence-electron chi connectivity index (χ0n) is 17.5. The number of amides is 1. The van der Waals surface area contributed by atoms with Crippen LogP contribution < -0.4 is 19.5 Å². The Hall–Kier alpha value is -3.22. The van der Waals surface area contributed by atoms with Gasteiger partial charge in [-0.3, -0.25) is 4.79 Å². The Bertz CT molecular complexity index is 878. The quantitative estimate of drug-likeness (QED) is 0.667. The van der Waals surface area contributed by atoms with Crippen LogP contribution in [0.1, 0.15) is 42.7 Å². The zero-order valence-corrected chi connectivity index (χ0v) is 17.5. The largest absolute Gasteiger partial charge is 0.486 e. The molecule has 160 valence electrons. The monoisotopic (exact) mass is 413 g/mol. The maximum absolute atomic E-state index is 12.5. The van der Waals surface area contributed by atoms with Crippen LogP contribution in [0.5, 0.6) is 17.2 Å². The molecule has 1 unspecified atom stereocenters. The van der Waals surface area contributed by atoms with Gasteiger partial charge in [-0.15, -0.1) is 0 Å². The molecule has 2 aromatic rings. The molecule has 1 aliphatic rings. The summed E-state index contributed by atoms with van der Waals surface area (Å²) in [4.78, 5) is 24.2. The Kier molecular flexibility index (Phi) is 7.17. The van der Waals surface area contributed by atoms with Gasteiger partial charge >= 0.3 is 5.97 Å². The van der Waals surface area contributed by atoms with Crippen LogP contribution in [0.4, 0.5) is 0 Å². The molecule has 7 nitrogen and oxygen atoms in total. The summed E-state index contributed by atoms with van der Waals surface area (Å²) in [5, 5.41) is 3.02. The van der Waals surface area contributed by atoms with E-state index in [1.165, 1.54) is 0 Å². The maximum Gasteiger partial charge on any atom is 0.338 e. The molecule has 1 atom stereocenters. The molecule has 0 bridgehead atoms. The van der Waals surface area contributed by atoms with E-state index in [2.05, 4.69) is 5.32 Å². The fourth-order valence-corrected chi connectivity index (χ4v) is 3.15. The summed E-state index contributed by atoms with van der Waals surface area (Å²) >= 11 is 0. The molecule has 0 aliphatic carbocycles. The van der Waals surface area contributed by atoms with Gasteiger partial charge in [0.2, 0.25) is 0 Å². The third kappa shape index (κ3) is 5.43. The second-order valence-electron chi connectivity index (χ2n) is 7.23. The van der Waals surface area contributed by atoms with E-state index in [0.29, 0.717) is 42.6 Å². The first kappa shape index (κ1) is 21.5. The summed E-state index contributed by atoms with van der Waals surface area (Å²) in [7, 11) is 0. The van der Waals surface area contributed by atoms with Crippen molar-refractivity contribution in [1.29, 1.82) is 0 Å². The number of hydrogen-bond acceptors (Lipinski definition) is 6. The summed E-state index contributed by atoms with van der Waals surface area (Å²) in [6, 6.07) is 12.0. The summed E-state index contributed by atoms with van der Waals surface area (Å²) in [5.41, 5.74) is 1.38. The predicted molar refractivity (Wildman–Crippen MR) is 111 cm³/mol. The topological polar surface area (TPSA) is 83.1 Å². The van der Waals surface area contributed by atoms with E-state index in [9.17, 15) is 9.59 Å². The minimum absolute atomic E-state index is 0.132. The number of rotatable bonds is 8. The van der Waals surface area contributed by atoms with Crippen molar-refractivity contribution in [1.82, 2.24) is 5.32 Å². The van der Waals surface area contributed by atoms with Gasteiger partial charge in [0.05, 0.1) is 18.2 Å². The van der Waals surface area contributed by atoms with E-state index < -0.39 is 0 Å². The summed E-state index contributed by atoms with van der Waals surface area (Å²) in [6.45, 7) is 7.06. The van der Waals surface area contributed by atoms with Crippen molar-refractivity contribution in [3.63, 3.8) is 0 Å². The first-order valence-corrected chi connectivity index (χ1v) is 10.1. The minimum Gasteiger partial charge on any atom is -0.486 e. The number of esters is 1. The molecule has 1 aliphatic heterocycles. The molecule has 1 N–H and O–H groups in total. The molecular formula is C23H27NO6. The third-order valence-electron chi connectivity index (χ3n) is 4.64. The molecule has 1 heterocycles. The van der Waals surface area contributed by atoms with Crippen LogP contribution in [0.3, 0.4) is 0 Å². The smallest absolute Gasteiger partial charge is 0.338 e. The number of benzene rings is 2. The highest BCUT2D eigenvalue weighted by atomic mass is 16.6. The van der Waals surface area contributed by atoms with E-state index in [-0.39, 0.29) is 30.4 Å². The van der Waals surface area contributed by atoms with Crippen molar-refractivity contribution in [2.24, 2.45) is 5.92 Å². The van der Waals surface area contributed by atoms with Crippen LogP contribution in [-0.4, -0.2) is 38.3 Å². The number of hydrogen-bond donors (Lipinski definition) is 1. The molecule has 7 heteroatoms. The molecule has 0 aromatic heterocycles. The number of ether oxygens (including phenoxy) is 4. The molecule has 0 saturated carbocycles. The Morgan fingerprint density at radius 2 is 1.73 bits per heavy atom. The first-order chi connectivity index (χ1) is 14.5. The van der Waals surface area contributed by atoms with E-state index in [0.717, 1.165) is 5.56 Å². The Labute approximate surface area is 176 Å². The lowest BCUT2D eigenvalue weighted by Gasteiger charge is -2.25. The summed E-state index contributed by atoms with van der Waals surface area (Å²) in [6.07, 6.45) is 0. The van der Waals surface area contributed by atoms with Gasteiger partial charge < -0.3 is 24.3 Å². The lowest BCUT2D eigenvalue weighted by atomic mass is 9.95. The minimum atomic E-state index is -0.388. The molecule has 0 radical (unpaired) electrons. The van der Waals surface area contributed by atoms with Crippen molar-refractivity contribution < 1.29 is 28.5 Å². The molecular weight excluding hydrogens is 386 g/mol. The van der Waals surface area contributed by atoms with Gasteiger partial charge in [0, 0.05) is 0 Å². The predicted octanol–water partition coefficient (Wildman–Crippen LogP) is 3.53. The van der Waals surface area contributed by atoms with Crippen LogP contribution >= 0.6 is 0 Å². The van der Waals surface area contributed by atoms with Crippen LogP contribution in [0, 0.1) is 5.92 Å². The molecule has 1 amide bonds. The van der Waals surface area contributed by atoms with E-state index in [4.69, 9.17) is 18.9 Å². The molecule has 2 aromatic carbocycles. The number of fused-ring (bicyclic) bond motifs is 1. The second kappa shape index (κ2) is 10.0. The number of nitrogens with one attached hydrogen (secondary N) is 1. The average molecular weight is 413 g/mol. The SMILES string of the molecule is CCOC(=O)c1ccc(OCC(=O)NC(c2ccc3c(c2)OCCO3)C(C)C)cc1. The van der Waals surface area contributed by atoms with E-state index in [1.54, 1.807) is 31.2 Å². The van der Waals surface area contributed by atoms with Crippen LogP contribution in [0.25, 0.3) is 0 Å². The lowest BCUT2D eigenvalue weighted by Crippen LogP contribution is -2.35. The van der Waals surface area contributed by atoms with Crippen molar-refractivity contribution in [2.45, 2.75) is 26.8 Å². The van der Waals surface area contributed by atoms with Gasteiger partial charge in [0.25, 0.3) is 5.91 Å². The fraction of sp³-hybridized carbons (Fsp3) is 0.391. The van der Waals surface area contributed by atoms with Gasteiger partial charge in [-0.25, -0.2) is 4.79 Å². The van der Waals surface area contributed by atoms with Crippen LogP contribution in [-0.2, 0) is 9.53 Å². The van der Waals surface area contributed by atoms with Gasteiger partial charge in [0.1, 0.15) is 19.0 Å². The van der Waals surface area contributed by atoms with Gasteiger partial charge in [-0.05, 0) is 54.8 Å². The Morgan fingerprint density at radius 1 is 1.03 bits per heavy atom. The molecule has 0 spiro atoms. The van der Waals surface area contributed by atoms with Crippen molar-refractivity contribution in [2.75, 3.05) is 26.4 Å². The lowest BCUT2D eigenvalue weighted by molar-refractivity contribution is -0.124. The van der Waals surface area contributed by atoms with Crippen LogP contribution in [0.15, 0.2) is 42.5 Å². The zero-order chi connectivity index (χ0) is 21.5. The van der Waals surface area contributed by atoms with Crippen LogP contribution in [0.2, 0.25) is 0 Å². The first-order valence-electron chi connectivity index (χ1n) is 10.1. The second-order valence-corrected chi connectivity index (χ2v) is 7.23. The van der Waals surface area contributed by atoms with E-state index in [1.807, 2.05) is 32.0 Å². The maximum atomic E-state index is 12.5. The number of carbonyl (C=O) groups excluding carboxylic acids is 2.